The molecule has 0 saturated heterocycles. The van der Waals surface area contributed by atoms with Gasteiger partial charge in [-0.2, -0.15) is 0 Å². The topological polar surface area (TPSA) is 59.4 Å². The minimum absolute atomic E-state index is 0.185. The van der Waals surface area contributed by atoms with Crippen LogP contribution in [0.25, 0.3) is 11.1 Å². The van der Waals surface area contributed by atoms with Crippen LogP contribution in [0.2, 0.25) is 0 Å². The normalized spacial score (nSPS) is 10.4. The van der Waals surface area contributed by atoms with Crippen LogP contribution in [0.4, 0.5) is 0 Å². The van der Waals surface area contributed by atoms with Crippen molar-refractivity contribution < 1.29 is 14.6 Å². The van der Waals surface area contributed by atoms with Crippen LogP contribution in [-0.4, -0.2) is 16.1 Å². The molecule has 0 fully saturated rings. The Morgan fingerprint density at radius 2 is 1.91 bits per heavy atom. The highest BCUT2D eigenvalue weighted by Crippen LogP contribution is 2.30. The SMILES string of the molecule is Cc1ccc(-c2cc(Oc3nccs3)cc(C(=O)O)c2)cc1. The van der Waals surface area contributed by atoms with Crippen LogP contribution in [0.5, 0.6) is 10.9 Å². The number of ether oxygens (including phenoxy) is 1. The Hall–Kier alpha value is -2.66. The van der Waals surface area contributed by atoms with Gasteiger partial charge in [-0.25, -0.2) is 9.78 Å². The highest BCUT2D eigenvalue weighted by atomic mass is 32.1. The Morgan fingerprint density at radius 3 is 2.55 bits per heavy atom. The van der Waals surface area contributed by atoms with E-state index in [1.165, 1.54) is 17.4 Å². The number of carboxylic acids is 1. The first-order valence-electron chi connectivity index (χ1n) is 6.64. The van der Waals surface area contributed by atoms with E-state index in [9.17, 15) is 9.90 Å². The molecule has 0 aliphatic rings. The van der Waals surface area contributed by atoms with Crippen molar-refractivity contribution in [2.24, 2.45) is 0 Å². The van der Waals surface area contributed by atoms with E-state index in [0.717, 1.165) is 16.7 Å². The van der Waals surface area contributed by atoms with Crippen molar-refractivity contribution in [3.05, 3.63) is 65.2 Å². The van der Waals surface area contributed by atoms with E-state index >= 15 is 0 Å². The molecule has 0 saturated carbocycles. The summed E-state index contributed by atoms with van der Waals surface area (Å²) in [6.45, 7) is 2.01. The average molecular weight is 311 g/mol. The summed E-state index contributed by atoms with van der Waals surface area (Å²) in [6.07, 6.45) is 1.64. The molecule has 0 spiro atoms. The summed E-state index contributed by atoms with van der Waals surface area (Å²) in [5.41, 5.74) is 3.08. The Kier molecular flexibility index (Phi) is 3.89. The molecule has 0 unspecified atom stereocenters. The van der Waals surface area contributed by atoms with E-state index in [2.05, 4.69) is 4.98 Å². The van der Waals surface area contributed by atoms with Crippen molar-refractivity contribution in [1.82, 2.24) is 4.98 Å². The van der Waals surface area contributed by atoms with Gasteiger partial charge >= 0.3 is 5.97 Å². The van der Waals surface area contributed by atoms with E-state index in [1.54, 1.807) is 17.6 Å². The Balaban J connectivity index is 2.03. The van der Waals surface area contributed by atoms with Crippen molar-refractivity contribution in [3.8, 4) is 22.1 Å². The van der Waals surface area contributed by atoms with Crippen LogP contribution in [0, 0.1) is 6.92 Å². The molecule has 0 aliphatic heterocycles. The number of rotatable bonds is 4. The molecule has 3 aromatic rings. The summed E-state index contributed by atoms with van der Waals surface area (Å²) < 4.78 is 5.64. The molecule has 5 heteroatoms. The molecule has 0 atom stereocenters. The van der Waals surface area contributed by atoms with E-state index in [1.807, 2.05) is 37.3 Å². The zero-order valence-electron chi connectivity index (χ0n) is 11.8. The van der Waals surface area contributed by atoms with Gasteiger partial charge in [-0.1, -0.05) is 41.2 Å². The number of carbonyl (C=O) groups is 1. The predicted octanol–water partition coefficient (Wildman–Crippen LogP) is 4.61. The Morgan fingerprint density at radius 1 is 1.14 bits per heavy atom. The van der Waals surface area contributed by atoms with E-state index in [0.29, 0.717) is 10.9 Å². The van der Waals surface area contributed by atoms with Crippen molar-refractivity contribution in [3.63, 3.8) is 0 Å². The fourth-order valence-corrected chi connectivity index (χ4v) is 2.56. The molecule has 3 rings (SSSR count). The summed E-state index contributed by atoms with van der Waals surface area (Å²) in [7, 11) is 0. The molecular weight excluding hydrogens is 298 g/mol. The molecule has 0 bridgehead atoms. The van der Waals surface area contributed by atoms with Gasteiger partial charge < -0.3 is 9.84 Å². The number of hydrogen-bond donors (Lipinski definition) is 1. The first-order chi connectivity index (χ1) is 10.6. The quantitative estimate of drug-likeness (QED) is 0.764. The lowest BCUT2D eigenvalue weighted by Gasteiger charge is -2.08. The van der Waals surface area contributed by atoms with E-state index in [4.69, 9.17) is 4.74 Å². The number of thiazole rings is 1. The lowest BCUT2D eigenvalue weighted by atomic mass is 10.0. The van der Waals surface area contributed by atoms with Gasteiger partial charge in [-0.15, -0.1) is 0 Å². The second kappa shape index (κ2) is 5.99. The van der Waals surface area contributed by atoms with Gasteiger partial charge in [0.25, 0.3) is 5.19 Å². The largest absolute Gasteiger partial charge is 0.478 e. The van der Waals surface area contributed by atoms with Crippen molar-refractivity contribution in [1.29, 1.82) is 0 Å². The molecule has 4 nitrogen and oxygen atoms in total. The van der Waals surface area contributed by atoms with Crippen LogP contribution >= 0.6 is 11.3 Å². The molecule has 0 aliphatic carbocycles. The minimum atomic E-state index is -0.988. The molecule has 0 amide bonds. The number of aryl methyl sites for hydroxylation is 1. The monoisotopic (exact) mass is 311 g/mol. The summed E-state index contributed by atoms with van der Waals surface area (Å²) >= 11 is 1.35. The maximum atomic E-state index is 11.3. The number of nitrogens with zero attached hydrogens (tertiary/aromatic N) is 1. The summed E-state index contributed by atoms with van der Waals surface area (Å²) in [4.78, 5) is 15.4. The number of carboxylic acid groups (broad SMARTS) is 1. The van der Waals surface area contributed by atoms with Gasteiger partial charge in [0.2, 0.25) is 0 Å². The third-order valence-electron chi connectivity index (χ3n) is 3.15. The van der Waals surface area contributed by atoms with Crippen LogP contribution < -0.4 is 4.74 Å². The van der Waals surface area contributed by atoms with Crippen LogP contribution in [0.15, 0.2) is 54.0 Å². The second-order valence-electron chi connectivity index (χ2n) is 4.82. The number of aromatic nitrogens is 1. The smallest absolute Gasteiger partial charge is 0.335 e. The molecule has 110 valence electrons. The molecule has 2 aromatic carbocycles. The molecule has 1 heterocycles. The average Bonchev–Trinajstić information content (AvgIpc) is 3.00. The minimum Gasteiger partial charge on any atom is -0.478 e. The fraction of sp³-hybridized carbons (Fsp3) is 0.0588. The van der Waals surface area contributed by atoms with E-state index in [-0.39, 0.29) is 5.56 Å². The van der Waals surface area contributed by atoms with E-state index < -0.39 is 5.97 Å². The zero-order chi connectivity index (χ0) is 15.5. The van der Waals surface area contributed by atoms with Crippen LogP contribution in [0.1, 0.15) is 15.9 Å². The molecule has 22 heavy (non-hydrogen) atoms. The van der Waals surface area contributed by atoms with Gasteiger partial charge in [-0.3, -0.25) is 0 Å². The zero-order valence-corrected chi connectivity index (χ0v) is 12.6. The fourth-order valence-electron chi connectivity index (χ4n) is 2.06. The molecular formula is C17H13NO3S. The molecule has 0 radical (unpaired) electrons. The third-order valence-corrected chi connectivity index (χ3v) is 3.80. The molecule has 1 aromatic heterocycles. The van der Waals surface area contributed by atoms with Crippen molar-refractivity contribution in [2.75, 3.05) is 0 Å². The number of hydrogen-bond acceptors (Lipinski definition) is 4. The van der Waals surface area contributed by atoms with Gasteiger partial charge in [-0.05, 0) is 36.2 Å². The Labute approximate surface area is 131 Å². The maximum Gasteiger partial charge on any atom is 0.335 e. The lowest BCUT2D eigenvalue weighted by Crippen LogP contribution is -1.97. The van der Waals surface area contributed by atoms with Crippen molar-refractivity contribution in [2.45, 2.75) is 6.92 Å². The lowest BCUT2D eigenvalue weighted by molar-refractivity contribution is 0.0696. The highest BCUT2D eigenvalue weighted by Gasteiger charge is 2.10. The van der Waals surface area contributed by atoms with Crippen molar-refractivity contribution >= 4 is 17.3 Å². The first-order valence-corrected chi connectivity index (χ1v) is 7.52. The standard InChI is InChI=1S/C17H13NO3S/c1-11-2-4-12(5-3-11)13-8-14(16(19)20)10-15(9-13)21-17-18-6-7-22-17/h2-10H,1H3,(H,19,20). The summed E-state index contributed by atoms with van der Waals surface area (Å²) in [6, 6.07) is 12.9. The Bertz CT molecular complexity index is 795. The molecule has 1 N–H and O–H groups in total. The number of aromatic carboxylic acids is 1. The predicted molar refractivity (Wildman–Crippen MR) is 85.8 cm³/mol. The van der Waals surface area contributed by atoms with Crippen LogP contribution in [-0.2, 0) is 0 Å². The highest BCUT2D eigenvalue weighted by molar-refractivity contribution is 7.11. The second-order valence-corrected chi connectivity index (χ2v) is 5.67. The van der Waals surface area contributed by atoms with Gasteiger partial charge in [0.15, 0.2) is 0 Å². The maximum absolute atomic E-state index is 11.3. The van der Waals surface area contributed by atoms with Gasteiger partial charge in [0, 0.05) is 11.6 Å². The van der Waals surface area contributed by atoms with Crippen LogP contribution in [0.3, 0.4) is 0 Å². The summed E-state index contributed by atoms with van der Waals surface area (Å²) in [5, 5.41) is 11.6. The summed E-state index contributed by atoms with van der Waals surface area (Å²) in [5.74, 6) is -0.525. The number of benzene rings is 2. The van der Waals surface area contributed by atoms with Gasteiger partial charge in [0.1, 0.15) is 5.75 Å². The third kappa shape index (κ3) is 3.15. The first kappa shape index (κ1) is 14.3. The van der Waals surface area contributed by atoms with Gasteiger partial charge in [0.05, 0.1) is 5.56 Å².